The maximum Gasteiger partial charge on any atom is 0.262 e. The van der Waals surface area contributed by atoms with E-state index in [1.54, 1.807) is 45.3 Å². The molecule has 1 aromatic carbocycles. The molecule has 0 saturated heterocycles. The van der Waals surface area contributed by atoms with Gasteiger partial charge >= 0.3 is 0 Å². The van der Waals surface area contributed by atoms with Gasteiger partial charge < -0.3 is 4.90 Å². The summed E-state index contributed by atoms with van der Waals surface area (Å²) in [5.74, 6) is -1.08. The molecular formula is C13H14N2O3. The molecule has 1 aromatic rings. The van der Waals surface area contributed by atoms with Crippen LogP contribution in [0.2, 0.25) is 0 Å². The summed E-state index contributed by atoms with van der Waals surface area (Å²) in [6.45, 7) is 1.56. The number of likely N-dealkylation sites (N-methyl/N-ethyl adjacent to an activating group) is 1. The molecule has 5 heteroatoms. The van der Waals surface area contributed by atoms with E-state index in [0.717, 1.165) is 4.90 Å². The SMILES string of the molecule is C[C@@H](C(=O)N(C)C)N1C(=O)c2ccccc2C1=O. The fourth-order valence-corrected chi connectivity index (χ4v) is 2.04. The van der Waals surface area contributed by atoms with Gasteiger partial charge in [-0.3, -0.25) is 19.3 Å². The van der Waals surface area contributed by atoms with E-state index in [1.807, 2.05) is 0 Å². The Labute approximate surface area is 105 Å². The van der Waals surface area contributed by atoms with Crippen LogP contribution in [0.4, 0.5) is 0 Å². The lowest BCUT2D eigenvalue weighted by Gasteiger charge is -2.24. The summed E-state index contributed by atoms with van der Waals surface area (Å²) in [7, 11) is 3.19. The first-order valence-corrected chi connectivity index (χ1v) is 5.63. The molecule has 3 amide bonds. The Kier molecular flexibility index (Phi) is 2.90. The first-order chi connectivity index (χ1) is 8.45. The molecule has 94 valence electrons. The highest BCUT2D eigenvalue weighted by atomic mass is 16.2. The summed E-state index contributed by atoms with van der Waals surface area (Å²) < 4.78 is 0. The first-order valence-electron chi connectivity index (χ1n) is 5.63. The van der Waals surface area contributed by atoms with Gasteiger partial charge in [-0.2, -0.15) is 0 Å². The van der Waals surface area contributed by atoms with Gasteiger partial charge in [0.2, 0.25) is 5.91 Å². The van der Waals surface area contributed by atoms with Crippen LogP contribution < -0.4 is 0 Å². The molecule has 2 rings (SSSR count). The Morgan fingerprint density at radius 3 is 1.94 bits per heavy atom. The van der Waals surface area contributed by atoms with Crippen LogP contribution in [0.5, 0.6) is 0 Å². The number of carbonyl (C=O) groups is 3. The van der Waals surface area contributed by atoms with Crippen molar-refractivity contribution in [2.75, 3.05) is 14.1 Å². The molecule has 1 heterocycles. The Balaban J connectivity index is 2.37. The third kappa shape index (κ3) is 1.68. The van der Waals surface area contributed by atoms with Crippen LogP contribution >= 0.6 is 0 Å². The zero-order valence-corrected chi connectivity index (χ0v) is 10.5. The van der Waals surface area contributed by atoms with Gasteiger partial charge in [-0.25, -0.2) is 0 Å². The number of hydrogen-bond acceptors (Lipinski definition) is 3. The molecule has 1 aliphatic rings. The Morgan fingerprint density at radius 2 is 1.56 bits per heavy atom. The minimum atomic E-state index is -0.785. The zero-order valence-electron chi connectivity index (χ0n) is 10.5. The van der Waals surface area contributed by atoms with Crippen LogP contribution in [-0.2, 0) is 4.79 Å². The highest BCUT2D eigenvalue weighted by molar-refractivity contribution is 6.22. The van der Waals surface area contributed by atoms with Crippen molar-refractivity contribution in [1.29, 1.82) is 0 Å². The van der Waals surface area contributed by atoms with Crippen LogP contribution in [0.25, 0.3) is 0 Å². The summed E-state index contributed by atoms with van der Waals surface area (Å²) in [4.78, 5) is 38.5. The van der Waals surface area contributed by atoms with Crippen molar-refractivity contribution in [3.63, 3.8) is 0 Å². The van der Waals surface area contributed by atoms with Crippen molar-refractivity contribution in [2.24, 2.45) is 0 Å². The van der Waals surface area contributed by atoms with E-state index >= 15 is 0 Å². The van der Waals surface area contributed by atoms with Crippen molar-refractivity contribution in [3.8, 4) is 0 Å². The minimum Gasteiger partial charge on any atom is -0.347 e. The molecule has 1 aliphatic heterocycles. The quantitative estimate of drug-likeness (QED) is 0.724. The minimum absolute atomic E-state index is 0.274. The van der Waals surface area contributed by atoms with E-state index in [-0.39, 0.29) is 5.91 Å². The molecule has 0 radical (unpaired) electrons. The summed E-state index contributed by atoms with van der Waals surface area (Å²) in [6, 6.07) is 5.82. The molecule has 0 saturated carbocycles. The smallest absolute Gasteiger partial charge is 0.262 e. The van der Waals surface area contributed by atoms with Crippen molar-refractivity contribution in [1.82, 2.24) is 9.80 Å². The van der Waals surface area contributed by atoms with Gasteiger partial charge in [0.05, 0.1) is 11.1 Å². The summed E-state index contributed by atoms with van der Waals surface area (Å²) >= 11 is 0. The van der Waals surface area contributed by atoms with Gasteiger partial charge in [-0.15, -0.1) is 0 Å². The average molecular weight is 246 g/mol. The number of carbonyl (C=O) groups excluding carboxylic acids is 3. The second kappa shape index (κ2) is 4.25. The number of imide groups is 1. The van der Waals surface area contributed by atoms with Gasteiger partial charge in [0.15, 0.2) is 0 Å². The lowest BCUT2D eigenvalue weighted by molar-refractivity contribution is -0.132. The second-order valence-electron chi connectivity index (χ2n) is 4.43. The Hall–Kier alpha value is -2.17. The Morgan fingerprint density at radius 1 is 1.11 bits per heavy atom. The molecule has 0 aromatic heterocycles. The Bertz CT molecular complexity index is 502. The standard InChI is InChI=1S/C13H14N2O3/c1-8(11(16)14(2)3)15-12(17)9-6-4-5-7-10(9)13(15)18/h4-8H,1-3H3/t8-/m0/s1. The van der Waals surface area contributed by atoms with Crippen molar-refractivity contribution in [2.45, 2.75) is 13.0 Å². The molecule has 0 unspecified atom stereocenters. The maximum absolute atomic E-state index is 12.1. The second-order valence-corrected chi connectivity index (χ2v) is 4.43. The third-order valence-corrected chi connectivity index (χ3v) is 3.01. The molecule has 0 N–H and O–H groups in total. The van der Waals surface area contributed by atoms with Crippen molar-refractivity contribution < 1.29 is 14.4 Å². The van der Waals surface area contributed by atoms with Crippen LogP contribution in [-0.4, -0.2) is 47.7 Å². The van der Waals surface area contributed by atoms with Crippen LogP contribution in [0, 0.1) is 0 Å². The van der Waals surface area contributed by atoms with Crippen molar-refractivity contribution in [3.05, 3.63) is 35.4 Å². The van der Waals surface area contributed by atoms with E-state index in [1.165, 1.54) is 4.90 Å². The molecule has 0 fully saturated rings. The molecule has 0 bridgehead atoms. The lowest BCUT2D eigenvalue weighted by Crippen LogP contribution is -2.47. The van der Waals surface area contributed by atoms with E-state index in [0.29, 0.717) is 11.1 Å². The number of rotatable bonds is 2. The summed E-state index contributed by atoms with van der Waals surface area (Å²) in [5.41, 5.74) is 0.724. The van der Waals surface area contributed by atoms with E-state index in [4.69, 9.17) is 0 Å². The number of amides is 3. The van der Waals surface area contributed by atoms with Gasteiger partial charge in [-0.05, 0) is 19.1 Å². The topological polar surface area (TPSA) is 57.7 Å². The molecule has 0 aliphatic carbocycles. The zero-order chi connectivity index (χ0) is 13.4. The normalized spacial score (nSPS) is 15.6. The van der Waals surface area contributed by atoms with Crippen molar-refractivity contribution >= 4 is 17.7 Å². The van der Waals surface area contributed by atoms with E-state index in [2.05, 4.69) is 0 Å². The fourth-order valence-electron chi connectivity index (χ4n) is 2.04. The van der Waals surface area contributed by atoms with Gasteiger partial charge in [0.1, 0.15) is 6.04 Å². The predicted octanol–water partition coefficient (Wildman–Crippen LogP) is 0.759. The van der Waals surface area contributed by atoms with Gasteiger partial charge in [0.25, 0.3) is 11.8 Å². The lowest BCUT2D eigenvalue weighted by atomic mass is 10.1. The van der Waals surface area contributed by atoms with Gasteiger partial charge in [0, 0.05) is 14.1 Å². The molecule has 1 atom stereocenters. The monoisotopic (exact) mass is 246 g/mol. The number of hydrogen-bond donors (Lipinski definition) is 0. The fraction of sp³-hybridized carbons (Fsp3) is 0.308. The number of benzene rings is 1. The third-order valence-electron chi connectivity index (χ3n) is 3.01. The molecule has 0 spiro atoms. The summed E-state index contributed by atoms with van der Waals surface area (Å²) in [6.07, 6.45) is 0. The van der Waals surface area contributed by atoms with E-state index < -0.39 is 17.9 Å². The largest absolute Gasteiger partial charge is 0.347 e. The highest BCUT2D eigenvalue weighted by Gasteiger charge is 2.40. The molecule has 18 heavy (non-hydrogen) atoms. The predicted molar refractivity (Wildman–Crippen MR) is 65.1 cm³/mol. The van der Waals surface area contributed by atoms with Crippen LogP contribution in [0.1, 0.15) is 27.6 Å². The van der Waals surface area contributed by atoms with E-state index in [9.17, 15) is 14.4 Å². The number of fused-ring (bicyclic) bond motifs is 1. The highest BCUT2D eigenvalue weighted by Crippen LogP contribution is 2.24. The summed E-state index contributed by atoms with van der Waals surface area (Å²) in [5, 5.41) is 0. The maximum atomic E-state index is 12.1. The molecular weight excluding hydrogens is 232 g/mol. The van der Waals surface area contributed by atoms with Gasteiger partial charge in [-0.1, -0.05) is 12.1 Å². The average Bonchev–Trinajstić information content (AvgIpc) is 2.61. The van der Waals surface area contributed by atoms with Crippen LogP contribution in [0.15, 0.2) is 24.3 Å². The van der Waals surface area contributed by atoms with Crippen LogP contribution in [0.3, 0.4) is 0 Å². The first kappa shape index (κ1) is 12.3. The number of nitrogens with zero attached hydrogens (tertiary/aromatic N) is 2. The molecule has 5 nitrogen and oxygen atoms in total.